The van der Waals surface area contributed by atoms with E-state index in [1.807, 2.05) is 0 Å². The van der Waals surface area contributed by atoms with E-state index in [0.29, 0.717) is 12.1 Å². The first-order valence-electron chi connectivity index (χ1n) is 6.82. The number of hydrogen-bond donors (Lipinski definition) is 1. The number of rotatable bonds is 3. The molecule has 2 aliphatic heterocycles. The molecular formula is C15H21NO. The van der Waals surface area contributed by atoms with Gasteiger partial charge in [-0.3, -0.25) is 0 Å². The second-order valence-electron chi connectivity index (χ2n) is 5.25. The fraction of sp³-hybridized carbons (Fsp3) is 0.600. The second-order valence-corrected chi connectivity index (χ2v) is 5.25. The predicted molar refractivity (Wildman–Crippen MR) is 69.0 cm³/mol. The average molecular weight is 231 g/mol. The zero-order valence-corrected chi connectivity index (χ0v) is 10.3. The molecule has 2 nitrogen and oxygen atoms in total. The molecule has 3 rings (SSSR count). The van der Waals surface area contributed by atoms with Gasteiger partial charge in [-0.25, -0.2) is 0 Å². The third-order valence-electron chi connectivity index (χ3n) is 4.14. The molecule has 2 heterocycles. The monoisotopic (exact) mass is 231 g/mol. The van der Waals surface area contributed by atoms with E-state index in [9.17, 15) is 0 Å². The summed E-state index contributed by atoms with van der Waals surface area (Å²) in [6, 6.07) is 11.4. The van der Waals surface area contributed by atoms with Crippen LogP contribution in [0.1, 0.15) is 24.8 Å². The Morgan fingerprint density at radius 2 is 2.06 bits per heavy atom. The highest BCUT2D eigenvalue weighted by atomic mass is 16.5. The van der Waals surface area contributed by atoms with Gasteiger partial charge in [-0.15, -0.1) is 0 Å². The van der Waals surface area contributed by atoms with Crippen LogP contribution >= 0.6 is 0 Å². The molecular weight excluding hydrogens is 210 g/mol. The normalized spacial score (nSPS) is 33.1. The highest BCUT2D eigenvalue weighted by molar-refractivity contribution is 5.16. The number of ether oxygens (including phenoxy) is 1. The lowest BCUT2D eigenvalue weighted by Crippen LogP contribution is -2.35. The minimum Gasteiger partial charge on any atom is -0.378 e. The molecule has 0 spiro atoms. The largest absolute Gasteiger partial charge is 0.378 e. The number of benzene rings is 1. The Kier molecular flexibility index (Phi) is 3.44. The van der Waals surface area contributed by atoms with Crippen LogP contribution in [0.5, 0.6) is 0 Å². The Labute approximate surface area is 103 Å². The maximum Gasteiger partial charge on any atom is 0.0619 e. The molecule has 3 atom stereocenters. The van der Waals surface area contributed by atoms with Gasteiger partial charge in [-0.1, -0.05) is 30.3 Å². The van der Waals surface area contributed by atoms with Crippen LogP contribution in [0.25, 0.3) is 0 Å². The lowest BCUT2D eigenvalue weighted by molar-refractivity contribution is 0.0580. The molecule has 0 saturated carbocycles. The molecule has 0 bridgehead atoms. The molecule has 0 amide bonds. The van der Waals surface area contributed by atoms with Gasteiger partial charge in [-0.2, -0.15) is 0 Å². The van der Waals surface area contributed by atoms with E-state index in [2.05, 4.69) is 35.6 Å². The molecule has 0 aromatic heterocycles. The van der Waals surface area contributed by atoms with Gasteiger partial charge in [0.1, 0.15) is 0 Å². The van der Waals surface area contributed by atoms with Crippen molar-refractivity contribution in [2.24, 2.45) is 5.92 Å². The molecule has 1 aromatic carbocycles. The van der Waals surface area contributed by atoms with Gasteiger partial charge >= 0.3 is 0 Å². The molecule has 17 heavy (non-hydrogen) atoms. The van der Waals surface area contributed by atoms with Crippen LogP contribution in [0, 0.1) is 5.92 Å². The van der Waals surface area contributed by atoms with E-state index in [0.717, 1.165) is 25.5 Å². The van der Waals surface area contributed by atoms with Gasteiger partial charge in [0.2, 0.25) is 0 Å². The van der Waals surface area contributed by atoms with Crippen LogP contribution < -0.4 is 5.32 Å². The Balaban J connectivity index is 1.65. The summed E-state index contributed by atoms with van der Waals surface area (Å²) >= 11 is 0. The lowest BCUT2D eigenvalue weighted by atomic mass is 9.89. The van der Waals surface area contributed by atoms with Crippen LogP contribution in [0.4, 0.5) is 0 Å². The van der Waals surface area contributed by atoms with Crippen LogP contribution in [0.2, 0.25) is 0 Å². The van der Waals surface area contributed by atoms with Crippen molar-refractivity contribution in [2.75, 3.05) is 13.2 Å². The molecule has 2 heteroatoms. The third-order valence-corrected chi connectivity index (χ3v) is 4.14. The quantitative estimate of drug-likeness (QED) is 0.862. The summed E-state index contributed by atoms with van der Waals surface area (Å²) < 4.78 is 5.86. The molecule has 2 saturated heterocycles. The lowest BCUT2D eigenvalue weighted by Gasteiger charge is -2.24. The molecule has 2 aliphatic rings. The molecule has 0 radical (unpaired) electrons. The van der Waals surface area contributed by atoms with E-state index in [4.69, 9.17) is 4.74 Å². The van der Waals surface area contributed by atoms with Gasteiger partial charge in [0.15, 0.2) is 0 Å². The second kappa shape index (κ2) is 5.19. The average Bonchev–Trinajstić information content (AvgIpc) is 3.00. The highest BCUT2D eigenvalue weighted by Gasteiger charge is 2.35. The first-order valence-corrected chi connectivity index (χ1v) is 6.82. The fourth-order valence-corrected chi connectivity index (χ4v) is 3.26. The van der Waals surface area contributed by atoms with E-state index in [-0.39, 0.29) is 0 Å². The van der Waals surface area contributed by atoms with E-state index in [1.54, 1.807) is 0 Å². The first-order chi connectivity index (χ1) is 8.43. The zero-order valence-electron chi connectivity index (χ0n) is 10.3. The van der Waals surface area contributed by atoms with Crippen molar-refractivity contribution in [1.82, 2.24) is 5.32 Å². The van der Waals surface area contributed by atoms with Gasteiger partial charge in [0.25, 0.3) is 0 Å². The summed E-state index contributed by atoms with van der Waals surface area (Å²) in [7, 11) is 0. The predicted octanol–water partition coefficient (Wildman–Crippen LogP) is 2.39. The molecule has 1 N–H and O–H groups in total. The summed E-state index contributed by atoms with van der Waals surface area (Å²) in [5, 5.41) is 3.65. The van der Waals surface area contributed by atoms with E-state index < -0.39 is 0 Å². The van der Waals surface area contributed by atoms with Crippen LogP contribution in [-0.4, -0.2) is 25.3 Å². The van der Waals surface area contributed by atoms with E-state index in [1.165, 1.54) is 24.8 Å². The highest BCUT2D eigenvalue weighted by Crippen LogP contribution is 2.30. The topological polar surface area (TPSA) is 21.3 Å². The Hall–Kier alpha value is -0.860. The molecule has 1 aromatic rings. The Bertz CT molecular complexity index is 345. The standard InChI is InChI=1S/C15H21NO/c1-2-5-12(6-3-1)11-14-13(8-9-16-14)15-7-4-10-17-15/h1-3,5-6,13-16H,4,7-11H2. The van der Waals surface area contributed by atoms with Crippen LogP contribution in [0.3, 0.4) is 0 Å². The maximum atomic E-state index is 5.86. The van der Waals surface area contributed by atoms with Gasteiger partial charge in [0.05, 0.1) is 6.10 Å². The van der Waals surface area contributed by atoms with Crippen molar-refractivity contribution in [1.29, 1.82) is 0 Å². The smallest absolute Gasteiger partial charge is 0.0619 e. The van der Waals surface area contributed by atoms with Crippen molar-refractivity contribution in [3.63, 3.8) is 0 Å². The summed E-state index contributed by atoms with van der Waals surface area (Å²) in [5.74, 6) is 0.720. The Morgan fingerprint density at radius 3 is 2.82 bits per heavy atom. The summed E-state index contributed by atoms with van der Waals surface area (Å²) in [4.78, 5) is 0. The van der Waals surface area contributed by atoms with Crippen molar-refractivity contribution >= 4 is 0 Å². The molecule has 0 aliphatic carbocycles. The minimum absolute atomic E-state index is 0.513. The molecule has 92 valence electrons. The summed E-state index contributed by atoms with van der Waals surface area (Å²) in [6.07, 6.45) is 5.45. The van der Waals surface area contributed by atoms with Crippen molar-refractivity contribution in [3.8, 4) is 0 Å². The van der Waals surface area contributed by atoms with Crippen molar-refractivity contribution in [2.45, 2.75) is 37.8 Å². The maximum absolute atomic E-state index is 5.86. The van der Waals surface area contributed by atoms with Gasteiger partial charge in [-0.05, 0) is 37.8 Å². The third kappa shape index (κ3) is 2.53. The molecule has 2 fully saturated rings. The van der Waals surface area contributed by atoms with Crippen LogP contribution in [0.15, 0.2) is 30.3 Å². The summed E-state index contributed by atoms with van der Waals surface area (Å²) in [6.45, 7) is 2.13. The first kappa shape index (κ1) is 11.2. The number of nitrogens with one attached hydrogen (secondary N) is 1. The Morgan fingerprint density at radius 1 is 1.18 bits per heavy atom. The van der Waals surface area contributed by atoms with Crippen molar-refractivity contribution in [3.05, 3.63) is 35.9 Å². The fourth-order valence-electron chi connectivity index (χ4n) is 3.26. The summed E-state index contributed by atoms with van der Waals surface area (Å²) in [5.41, 5.74) is 1.44. The zero-order chi connectivity index (χ0) is 11.5. The van der Waals surface area contributed by atoms with E-state index >= 15 is 0 Å². The number of hydrogen-bond acceptors (Lipinski definition) is 2. The van der Waals surface area contributed by atoms with Gasteiger partial charge in [0, 0.05) is 18.6 Å². The van der Waals surface area contributed by atoms with Crippen LogP contribution in [-0.2, 0) is 11.2 Å². The minimum atomic E-state index is 0.513. The van der Waals surface area contributed by atoms with Crippen molar-refractivity contribution < 1.29 is 4.74 Å². The SMILES string of the molecule is c1ccc(CC2NCCC2C2CCCO2)cc1. The van der Waals surface area contributed by atoms with Gasteiger partial charge < -0.3 is 10.1 Å². The molecule has 3 unspecified atom stereocenters.